The lowest BCUT2D eigenvalue weighted by atomic mass is 10.0. The van der Waals surface area contributed by atoms with Crippen molar-refractivity contribution < 1.29 is 9.59 Å². The maximum atomic E-state index is 12.6. The van der Waals surface area contributed by atoms with Crippen molar-refractivity contribution in [3.05, 3.63) is 28.2 Å². The Morgan fingerprint density at radius 3 is 2.54 bits per heavy atom. The number of nitrogens with one attached hydrogen (secondary N) is 1. The van der Waals surface area contributed by atoms with Crippen molar-refractivity contribution in [2.24, 2.45) is 5.92 Å². The molecule has 0 radical (unpaired) electrons. The maximum absolute atomic E-state index is 12.6. The van der Waals surface area contributed by atoms with Crippen LogP contribution in [0.3, 0.4) is 0 Å². The van der Waals surface area contributed by atoms with Crippen molar-refractivity contribution in [1.29, 1.82) is 0 Å². The second-order valence-corrected chi connectivity index (χ2v) is 7.46. The van der Waals surface area contributed by atoms with E-state index in [1.54, 1.807) is 23.1 Å². The molecular formula is C18H22Cl2N2O2. The quantitative estimate of drug-likeness (QED) is 0.813. The number of hydrogen-bond acceptors (Lipinski definition) is 2. The van der Waals surface area contributed by atoms with E-state index in [-0.39, 0.29) is 30.2 Å². The molecule has 2 aliphatic rings. The number of amides is 2. The average molecular weight is 369 g/mol. The Kier molecular flexibility index (Phi) is 5.67. The van der Waals surface area contributed by atoms with Crippen LogP contribution in [0.1, 0.15) is 44.9 Å². The summed E-state index contributed by atoms with van der Waals surface area (Å²) < 4.78 is 0. The third kappa shape index (κ3) is 3.86. The van der Waals surface area contributed by atoms with Gasteiger partial charge in [-0.05, 0) is 25.0 Å². The van der Waals surface area contributed by atoms with Crippen LogP contribution >= 0.6 is 23.2 Å². The molecule has 1 aliphatic heterocycles. The molecule has 2 fully saturated rings. The Labute approximate surface area is 152 Å². The van der Waals surface area contributed by atoms with Crippen molar-refractivity contribution in [1.82, 2.24) is 5.32 Å². The minimum Gasteiger partial charge on any atom is -0.353 e. The number of nitrogens with zero attached hydrogens (tertiary/aromatic N) is 1. The molecule has 1 aliphatic carbocycles. The Morgan fingerprint density at radius 1 is 1.12 bits per heavy atom. The summed E-state index contributed by atoms with van der Waals surface area (Å²) >= 11 is 12.2. The van der Waals surface area contributed by atoms with E-state index in [0.29, 0.717) is 22.3 Å². The molecule has 6 heteroatoms. The van der Waals surface area contributed by atoms with Crippen molar-refractivity contribution in [2.45, 2.75) is 51.0 Å². The summed E-state index contributed by atoms with van der Waals surface area (Å²) in [4.78, 5) is 26.5. The van der Waals surface area contributed by atoms with Crippen LogP contribution < -0.4 is 10.2 Å². The SMILES string of the molecule is O=C(NC1CCCCCC1)C1CC(=O)N(c2cccc(Cl)c2Cl)C1. The van der Waals surface area contributed by atoms with Crippen LogP contribution in [0.25, 0.3) is 0 Å². The summed E-state index contributed by atoms with van der Waals surface area (Å²) in [5.41, 5.74) is 0.582. The van der Waals surface area contributed by atoms with E-state index in [2.05, 4.69) is 5.32 Å². The van der Waals surface area contributed by atoms with E-state index in [4.69, 9.17) is 23.2 Å². The molecule has 1 atom stereocenters. The topological polar surface area (TPSA) is 49.4 Å². The summed E-state index contributed by atoms with van der Waals surface area (Å²) in [5.74, 6) is -0.424. The van der Waals surface area contributed by atoms with E-state index < -0.39 is 0 Å². The van der Waals surface area contributed by atoms with Gasteiger partial charge in [-0.2, -0.15) is 0 Å². The van der Waals surface area contributed by atoms with E-state index >= 15 is 0 Å². The molecule has 1 N–H and O–H groups in total. The van der Waals surface area contributed by atoms with Gasteiger partial charge in [0.1, 0.15) is 0 Å². The van der Waals surface area contributed by atoms with Crippen LogP contribution in [0.5, 0.6) is 0 Å². The van der Waals surface area contributed by atoms with Gasteiger partial charge in [-0.15, -0.1) is 0 Å². The Balaban J connectivity index is 1.65. The van der Waals surface area contributed by atoms with Crippen LogP contribution in [0.15, 0.2) is 18.2 Å². The van der Waals surface area contributed by atoms with Gasteiger partial charge in [0.15, 0.2) is 0 Å². The van der Waals surface area contributed by atoms with E-state index in [1.165, 1.54) is 25.7 Å². The summed E-state index contributed by atoms with van der Waals surface area (Å²) in [6.07, 6.45) is 7.12. The number of rotatable bonds is 3. The monoisotopic (exact) mass is 368 g/mol. The van der Waals surface area contributed by atoms with Crippen molar-refractivity contribution in [3.8, 4) is 0 Å². The summed E-state index contributed by atoms with van der Waals surface area (Å²) in [6, 6.07) is 5.45. The maximum Gasteiger partial charge on any atom is 0.227 e. The third-order valence-corrected chi connectivity index (χ3v) is 5.73. The van der Waals surface area contributed by atoms with E-state index in [9.17, 15) is 9.59 Å². The average Bonchev–Trinajstić information content (AvgIpc) is 2.77. The second-order valence-electron chi connectivity index (χ2n) is 6.68. The molecule has 1 saturated carbocycles. The minimum atomic E-state index is -0.323. The highest BCUT2D eigenvalue weighted by atomic mass is 35.5. The van der Waals surface area contributed by atoms with Gasteiger partial charge >= 0.3 is 0 Å². The van der Waals surface area contributed by atoms with Crippen molar-refractivity contribution >= 4 is 40.7 Å². The number of benzene rings is 1. The molecule has 24 heavy (non-hydrogen) atoms. The number of anilines is 1. The van der Waals surface area contributed by atoms with Crippen LogP contribution in [0.2, 0.25) is 10.0 Å². The molecule has 0 spiro atoms. The summed E-state index contributed by atoms with van der Waals surface area (Å²) in [6.45, 7) is 0.359. The summed E-state index contributed by atoms with van der Waals surface area (Å²) in [5, 5.41) is 3.91. The number of carbonyl (C=O) groups excluding carboxylic acids is 2. The highest BCUT2D eigenvalue weighted by Gasteiger charge is 2.36. The zero-order valence-electron chi connectivity index (χ0n) is 13.6. The van der Waals surface area contributed by atoms with Gasteiger partial charge in [-0.1, -0.05) is 55.0 Å². The van der Waals surface area contributed by atoms with Gasteiger partial charge in [-0.3, -0.25) is 9.59 Å². The molecule has 1 heterocycles. The smallest absolute Gasteiger partial charge is 0.227 e. The lowest BCUT2D eigenvalue weighted by Gasteiger charge is -2.20. The zero-order chi connectivity index (χ0) is 17.1. The molecular weight excluding hydrogens is 347 g/mol. The summed E-state index contributed by atoms with van der Waals surface area (Å²) in [7, 11) is 0. The van der Waals surface area contributed by atoms with Gasteiger partial charge in [0.25, 0.3) is 0 Å². The Bertz CT molecular complexity index is 627. The fourth-order valence-corrected chi connectivity index (χ4v) is 3.96. The molecule has 130 valence electrons. The third-order valence-electron chi connectivity index (χ3n) is 4.92. The fourth-order valence-electron chi connectivity index (χ4n) is 3.56. The van der Waals surface area contributed by atoms with Gasteiger partial charge < -0.3 is 10.2 Å². The first-order chi connectivity index (χ1) is 11.6. The second kappa shape index (κ2) is 7.75. The van der Waals surface area contributed by atoms with Gasteiger partial charge in [0, 0.05) is 19.0 Å². The predicted octanol–water partition coefficient (Wildman–Crippen LogP) is 4.19. The van der Waals surface area contributed by atoms with Crippen LogP contribution in [-0.4, -0.2) is 24.4 Å². The van der Waals surface area contributed by atoms with Gasteiger partial charge in [-0.25, -0.2) is 0 Å². The van der Waals surface area contributed by atoms with Crippen molar-refractivity contribution in [3.63, 3.8) is 0 Å². The fraction of sp³-hybridized carbons (Fsp3) is 0.556. The molecule has 2 amide bonds. The first-order valence-electron chi connectivity index (χ1n) is 8.61. The lowest BCUT2D eigenvalue weighted by molar-refractivity contribution is -0.127. The molecule has 1 saturated heterocycles. The first kappa shape index (κ1) is 17.6. The molecule has 3 rings (SSSR count). The molecule has 1 unspecified atom stereocenters. The van der Waals surface area contributed by atoms with Crippen LogP contribution in [-0.2, 0) is 9.59 Å². The number of carbonyl (C=O) groups is 2. The number of hydrogen-bond donors (Lipinski definition) is 1. The molecule has 0 aromatic heterocycles. The first-order valence-corrected chi connectivity index (χ1v) is 9.36. The number of halogens is 2. The highest BCUT2D eigenvalue weighted by molar-refractivity contribution is 6.44. The van der Waals surface area contributed by atoms with Crippen LogP contribution in [0.4, 0.5) is 5.69 Å². The Hall–Kier alpha value is -1.26. The normalized spacial score (nSPS) is 22.5. The standard InChI is InChI=1S/C18H22Cl2N2O2/c19-14-8-5-9-15(17(14)20)22-11-12(10-16(22)23)18(24)21-13-6-3-1-2-4-7-13/h5,8-9,12-13H,1-4,6-7,10-11H2,(H,21,24). The zero-order valence-corrected chi connectivity index (χ0v) is 15.1. The molecule has 1 aromatic rings. The minimum absolute atomic E-state index is 0.0177. The largest absolute Gasteiger partial charge is 0.353 e. The molecule has 4 nitrogen and oxygen atoms in total. The molecule has 0 bridgehead atoms. The van der Waals surface area contributed by atoms with Crippen LogP contribution in [0, 0.1) is 5.92 Å². The highest BCUT2D eigenvalue weighted by Crippen LogP contribution is 2.35. The molecule has 1 aromatic carbocycles. The Morgan fingerprint density at radius 2 is 1.83 bits per heavy atom. The van der Waals surface area contributed by atoms with E-state index in [0.717, 1.165) is 12.8 Å². The van der Waals surface area contributed by atoms with Crippen molar-refractivity contribution in [2.75, 3.05) is 11.4 Å². The van der Waals surface area contributed by atoms with E-state index in [1.807, 2.05) is 0 Å². The predicted molar refractivity (Wildman–Crippen MR) is 96.6 cm³/mol. The van der Waals surface area contributed by atoms with Gasteiger partial charge in [0.2, 0.25) is 11.8 Å². The van der Waals surface area contributed by atoms with Gasteiger partial charge in [0.05, 0.1) is 21.7 Å². The lowest BCUT2D eigenvalue weighted by Crippen LogP contribution is -2.39.